The molecule has 0 aliphatic carbocycles. The summed E-state index contributed by atoms with van der Waals surface area (Å²) in [6.45, 7) is 0. The first-order chi connectivity index (χ1) is 17.0. The fraction of sp³-hybridized carbons (Fsp3) is 0.179. The van der Waals surface area contributed by atoms with Crippen LogP contribution in [0.3, 0.4) is 0 Å². The number of carbonyl (C=O) groups is 1. The number of methoxy groups -OCH3 is 5. The Labute approximate surface area is 205 Å². The number of ether oxygens (including phenoxy) is 5. The average Bonchev–Trinajstić information content (AvgIpc) is 2.90. The molecule has 7 heteroatoms. The lowest BCUT2D eigenvalue weighted by Crippen LogP contribution is -2.09. The van der Waals surface area contributed by atoms with Crippen LogP contribution in [0.4, 0.5) is 5.69 Å². The van der Waals surface area contributed by atoms with Crippen LogP contribution in [-0.4, -0.2) is 41.5 Å². The van der Waals surface area contributed by atoms with Crippen molar-refractivity contribution in [2.75, 3.05) is 40.9 Å². The average molecular weight is 476 g/mol. The number of rotatable bonds is 10. The summed E-state index contributed by atoms with van der Waals surface area (Å²) in [4.78, 5) is 12.6. The van der Waals surface area contributed by atoms with E-state index in [0.717, 1.165) is 22.4 Å². The van der Waals surface area contributed by atoms with Crippen molar-refractivity contribution in [3.8, 4) is 28.7 Å². The van der Waals surface area contributed by atoms with E-state index in [1.165, 1.54) is 6.08 Å². The largest absolute Gasteiger partial charge is 0.497 e. The van der Waals surface area contributed by atoms with Crippen LogP contribution in [0, 0.1) is 0 Å². The van der Waals surface area contributed by atoms with E-state index in [9.17, 15) is 4.79 Å². The van der Waals surface area contributed by atoms with Crippen LogP contribution in [0.15, 0.2) is 60.7 Å². The van der Waals surface area contributed by atoms with Crippen LogP contribution < -0.4 is 29.0 Å². The Balaban J connectivity index is 1.84. The van der Waals surface area contributed by atoms with Crippen molar-refractivity contribution in [2.24, 2.45) is 0 Å². The zero-order valence-electron chi connectivity index (χ0n) is 20.5. The summed E-state index contributed by atoms with van der Waals surface area (Å²) in [7, 11) is 7.91. The van der Waals surface area contributed by atoms with Crippen LogP contribution in [-0.2, 0) is 4.79 Å². The third-order valence-corrected chi connectivity index (χ3v) is 5.20. The standard InChI is InChI=1S/C28H29NO6/c1-31-22-11-7-19(8-12-22)9-15-27(30)29-24-14-13-23(32-2)18-21(24)10-6-20-16-25(33-3)28(35-5)26(17-20)34-4/h6-18H,1-5H3,(H,29,30)/b10-6+,15-9+. The van der Waals surface area contributed by atoms with Gasteiger partial charge in [-0.3, -0.25) is 4.79 Å². The minimum absolute atomic E-state index is 0.256. The molecule has 0 atom stereocenters. The van der Waals surface area contributed by atoms with Crippen molar-refractivity contribution in [3.05, 3.63) is 77.4 Å². The third-order valence-electron chi connectivity index (χ3n) is 5.20. The predicted molar refractivity (Wildman–Crippen MR) is 139 cm³/mol. The Morgan fingerprint density at radius 1 is 0.657 bits per heavy atom. The molecular formula is C28H29NO6. The molecular weight excluding hydrogens is 446 g/mol. The molecule has 1 amide bonds. The Kier molecular flexibility index (Phi) is 8.78. The SMILES string of the molecule is COc1ccc(/C=C/C(=O)Nc2ccc(OC)cc2/C=C/c2cc(OC)c(OC)c(OC)c2)cc1. The Hall–Kier alpha value is -4.39. The van der Waals surface area contributed by atoms with Gasteiger partial charge in [0, 0.05) is 17.3 Å². The molecule has 0 aromatic heterocycles. The molecule has 182 valence electrons. The van der Waals surface area contributed by atoms with E-state index < -0.39 is 0 Å². The van der Waals surface area contributed by atoms with E-state index in [1.54, 1.807) is 53.8 Å². The number of benzene rings is 3. The van der Waals surface area contributed by atoms with Crippen molar-refractivity contribution < 1.29 is 28.5 Å². The van der Waals surface area contributed by atoms with E-state index in [2.05, 4.69) is 5.32 Å². The van der Waals surface area contributed by atoms with Gasteiger partial charge in [0.2, 0.25) is 11.7 Å². The lowest BCUT2D eigenvalue weighted by molar-refractivity contribution is -0.111. The highest BCUT2D eigenvalue weighted by molar-refractivity contribution is 6.03. The number of carbonyl (C=O) groups excluding carboxylic acids is 1. The third kappa shape index (κ3) is 6.57. The van der Waals surface area contributed by atoms with Gasteiger partial charge in [-0.05, 0) is 59.7 Å². The zero-order valence-corrected chi connectivity index (χ0v) is 20.5. The van der Waals surface area contributed by atoms with Gasteiger partial charge in [-0.2, -0.15) is 0 Å². The van der Waals surface area contributed by atoms with Crippen LogP contribution in [0.1, 0.15) is 16.7 Å². The summed E-state index contributed by atoms with van der Waals surface area (Å²) in [5, 5.41) is 2.93. The second-order valence-corrected chi connectivity index (χ2v) is 7.34. The Morgan fingerprint density at radius 2 is 1.29 bits per heavy atom. The maximum absolute atomic E-state index is 12.6. The summed E-state index contributed by atoms with van der Waals surface area (Å²) >= 11 is 0. The van der Waals surface area contributed by atoms with Gasteiger partial charge in [-0.25, -0.2) is 0 Å². The maximum atomic E-state index is 12.6. The molecule has 1 N–H and O–H groups in total. The minimum Gasteiger partial charge on any atom is -0.497 e. The first-order valence-corrected chi connectivity index (χ1v) is 10.8. The molecule has 0 heterocycles. The summed E-state index contributed by atoms with van der Waals surface area (Å²) in [6, 6.07) is 16.6. The molecule has 0 saturated carbocycles. The van der Waals surface area contributed by atoms with Crippen LogP contribution in [0.5, 0.6) is 28.7 Å². The van der Waals surface area contributed by atoms with E-state index in [1.807, 2.05) is 54.6 Å². The van der Waals surface area contributed by atoms with E-state index >= 15 is 0 Å². The molecule has 0 saturated heterocycles. The molecule has 0 aliphatic heterocycles. The molecule has 3 aromatic carbocycles. The van der Waals surface area contributed by atoms with E-state index in [0.29, 0.717) is 28.7 Å². The number of hydrogen-bond acceptors (Lipinski definition) is 6. The monoisotopic (exact) mass is 475 g/mol. The van der Waals surface area contributed by atoms with Crippen LogP contribution in [0.2, 0.25) is 0 Å². The first-order valence-electron chi connectivity index (χ1n) is 10.8. The first kappa shape index (κ1) is 25.2. The molecule has 0 unspecified atom stereocenters. The van der Waals surface area contributed by atoms with Gasteiger partial charge in [0.05, 0.1) is 35.5 Å². The Morgan fingerprint density at radius 3 is 1.86 bits per heavy atom. The lowest BCUT2D eigenvalue weighted by atomic mass is 10.1. The molecule has 0 radical (unpaired) electrons. The predicted octanol–water partition coefficient (Wildman–Crippen LogP) is 5.55. The lowest BCUT2D eigenvalue weighted by Gasteiger charge is -2.13. The summed E-state index contributed by atoms with van der Waals surface area (Å²) < 4.78 is 26.8. The highest BCUT2D eigenvalue weighted by Gasteiger charge is 2.12. The van der Waals surface area contributed by atoms with E-state index in [4.69, 9.17) is 23.7 Å². The molecule has 0 fully saturated rings. The van der Waals surface area contributed by atoms with Crippen LogP contribution in [0.25, 0.3) is 18.2 Å². The normalized spacial score (nSPS) is 10.9. The van der Waals surface area contributed by atoms with Gasteiger partial charge >= 0.3 is 0 Å². The molecule has 35 heavy (non-hydrogen) atoms. The number of anilines is 1. The van der Waals surface area contributed by atoms with Crippen molar-refractivity contribution in [2.45, 2.75) is 0 Å². The van der Waals surface area contributed by atoms with E-state index in [-0.39, 0.29) is 5.91 Å². The highest BCUT2D eigenvalue weighted by Crippen LogP contribution is 2.38. The number of hydrogen-bond donors (Lipinski definition) is 1. The topological polar surface area (TPSA) is 75.3 Å². The molecule has 3 aromatic rings. The minimum atomic E-state index is -0.256. The molecule has 0 spiro atoms. The Bertz CT molecular complexity index is 1190. The summed E-state index contributed by atoms with van der Waals surface area (Å²) in [5.74, 6) is 2.79. The van der Waals surface area contributed by atoms with Gasteiger partial charge in [0.15, 0.2) is 11.5 Å². The van der Waals surface area contributed by atoms with Crippen molar-refractivity contribution in [1.82, 2.24) is 0 Å². The summed E-state index contributed by atoms with van der Waals surface area (Å²) in [5.41, 5.74) is 3.13. The quantitative estimate of drug-likeness (QED) is 0.306. The molecule has 0 bridgehead atoms. The van der Waals surface area contributed by atoms with Crippen molar-refractivity contribution in [3.63, 3.8) is 0 Å². The van der Waals surface area contributed by atoms with Gasteiger partial charge in [0.1, 0.15) is 11.5 Å². The summed E-state index contributed by atoms with van der Waals surface area (Å²) in [6.07, 6.45) is 7.00. The maximum Gasteiger partial charge on any atom is 0.248 e. The fourth-order valence-corrected chi connectivity index (χ4v) is 3.36. The smallest absolute Gasteiger partial charge is 0.248 e. The van der Waals surface area contributed by atoms with Crippen molar-refractivity contribution >= 4 is 29.8 Å². The van der Waals surface area contributed by atoms with Gasteiger partial charge in [-0.1, -0.05) is 24.3 Å². The number of amides is 1. The second kappa shape index (κ2) is 12.2. The molecule has 0 aliphatic rings. The highest BCUT2D eigenvalue weighted by atomic mass is 16.5. The fourth-order valence-electron chi connectivity index (χ4n) is 3.36. The van der Waals surface area contributed by atoms with Crippen molar-refractivity contribution in [1.29, 1.82) is 0 Å². The van der Waals surface area contributed by atoms with Gasteiger partial charge in [0.25, 0.3) is 0 Å². The molecule has 7 nitrogen and oxygen atoms in total. The second-order valence-electron chi connectivity index (χ2n) is 7.34. The molecule has 3 rings (SSSR count). The number of nitrogens with one attached hydrogen (secondary N) is 1. The zero-order chi connectivity index (χ0) is 25.2. The van der Waals surface area contributed by atoms with Gasteiger partial charge in [-0.15, -0.1) is 0 Å². The van der Waals surface area contributed by atoms with Gasteiger partial charge < -0.3 is 29.0 Å². The van der Waals surface area contributed by atoms with Crippen LogP contribution >= 0.6 is 0 Å².